The molecule has 0 aliphatic carbocycles. The first-order valence-corrected chi connectivity index (χ1v) is 5.96. The van der Waals surface area contributed by atoms with E-state index in [1.165, 1.54) is 9.13 Å². The first-order valence-electron chi connectivity index (χ1n) is 4.51. The lowest BCUT2D eigenvalue weighted by Gasteiger charge is -2.12. The molecule has 3 N–H and O–H groups in total. The first-order chi connectivity index (χ1) is 6.63. The van der Waals surface area contributed by atoms with Gasteiger partial charge in [-0.25, -0.2) is 0 Å². The number of hydrogen-bond acceptors (Lipinski definition) is 2. The fourth-order valence-corrected chi connectivity index (χ4v) is 1.77. The second-order valence-electron chi connectivity index (χ2n) is 3.25. The van der Waals surface area contributed by atoms with Gasteiger partial charge >= 0.3 is 0 Å². The highest BCUT2D eigenvalue weighted by molar-refractivity contribution is 14.1. The average Bonchev–Trinajstić information content (AvgIpc) is 2.19. The van der Waals surface area contributed by atoms with Crippen LogP contribution in [0, 0.1) is 3.57 Å². The summed E-state index contributed by atoms with van der Waals surface area (Å²) in [4.78, 5) is 0. The molecule has 0 aromatic heterocycles. The summed E-state index contributed by atoms with van der Waals surface area (Å²) in [5, 5.41) is 4.11. The Morgan fingerprint density at radius 2 is 2.29 bits per heavy atom. The summed E-state index contributed by atoms with van der Waals surface area (Å²) < 4.78 is 1.23. The highest BCUT2D eigenvalue weighted by Gasteiger charge is 2.02. The molecule has 0 saturated heterocycles. The van der Waals surface area contributed by atoms with E-state index in [0.717, 1.165) is 11.6 Å². The molecule has 1 atom stereocenters. The summed E-state index contributed by atoms with van der Waals surface area (Å²) in [6.45, 7) is 3.53. The van der Waals surface area contributed by atoms with Crippen LogP contribution in [0.4, 0.5) is 0 Å². The normalized spacial score (nSPS) is 12.9. The van der Waals surface area contributed by atoms with E-state index in [2.05, 4.69) is 34.8 Å². The van der Waals surface area contributed by atoms with Crippen LogP contribution in [-0.2, 0) is 6.54 Å². The first kappa shape index (κ1) is 12.2. The van der Waals surface area contributed by atoms with Gasteiger partial charge in [-0.3, -0.25) is 0 Å². The van der Waals surface area contributed by atoms with Crippen LogP contribution in [-0.4, -0.2) is 12.6 Å². The maximum atomic E-state index is 5.91. The Balaban J connectivity index is 2.62. The third-order valence-electron chi connectivity index (χ3n) is 2.00. The predicted octanol–water partition coefficient (Wildman–Crippen LogP) is 2.38. The van der Waals surface area contributed by atoms with Gasteiger partial charge in [-0.2, -0.15) is 0 Å². The zero-order valence-electron chi connectivity index (χ0n) is 8.06. The minimum absolute atomic E-state index is 0.338. The van der Waals surface area contributed by atoms with Crippen molar-refractivity contribution in [2.24, 2.45) is 5.73 Å². The predicted molar refractivity (Wildman–Crippen MR) is 69.5 cm³/mol. The Labute approximate surface area is 103 Å². The van der Waals surface area contributed by atoms with Crippen LogP contribution in [0.3, 0.4) is 0 Å². The lowest BCUT2D eigenvalue weighted by Crippen LogP contribution is -2.32. The van der Waals surface area contributed by atoms with E-state index in [1.807, 2.05) is 18.2 Å². The molecule has 0 amide bonds. The molecule has 14 heavy (non-hydrogen) atoms. The fourth-order valence-electron chi connectivity index (χ4n) is 1.05. The van der Waals surface area contributed by atoms with Crippen LogP contribution in [0.25, 0.3) is 0 Å². The zero-order chi connectivity index (χ0) is 10.6. The van der Waals surface area contributed by atoms with Crippen molar-refractivity contribution in [3.8, 4) is 0 Å². The molecule has 0 aliphatic rings. The Morgan fingerprint density at radius 1 is 1.57 bits per heavy atom. The molecule has 0 unspecified atom stereocenters. The van der Waals surface area contributed by atoms with Crippen LogP contribution in [0.15, 0.2) is 18.2 Å². The molecule has 0 fully saturated rings. The van der Waals surface area contributed by atoms with Crippen LogP contribution >= 0.6 is 34.2 Å². The van der Waals surface area contributed by atoms with Crippen molar-refractivity contribution in [3.63, 3.8) is 0 Å². The van der Waals surface area contributed by atoms with Gasteiger partial charge in [-0.05, 0) is 53.3 Å². The molecule has 1 rings (SSSR count). The molecule has 0 radical (unpaired) electrons. The van der Waals surface area contributed by atoms with Gasteiger partial charge in [0.1, 0.15) is 0 Å². The molecule has 78 valence electrons. The van der Waals surface area contributed by atoms with Crippen LogP contribution in [0.2, 0.25) is 5.02 Å². The zero-order valence-corrected chi connectivity index (χ0v) is 11.0. The molecule has 2 nitrogen and oxygen atoms in total. The van der Waals surface area contributed by atoms with Crippen molar-refractivity contribution in [1.82, 2.24) is 5.32 Å². The van der Waals surface area contributed by atoms with E-state index in [4.69, 9.17) is 17.3 Å². The number of benzene rings is 1. The second kappa shape index (κ2) is 5.90. The molecule has 0 saturated carbocycles. The van der Waals surface area contributed by atoms with Gasteiger partial charge in [0.25, 0.3) is 0 Å². The smallest absolute Gasteiger partial charge is 0.0409 e. The number of rotatable bonds is 4. The number of hydrogen-bond donors (Lipinski definition) is 2. The minimum Gasteiger partial charge on any atom is -0.329 e. The van der Waals surface area contributed by atoms with Crippen molar-refractivity contribution >= 4 is 34.2 Å². The average molecular weight is 325 g/mol. The Kier molecular flexibility index (Phi) is 5.15. The fraction of sp³-hybridized carbons (Fsp3) is 0.400. The molecular weight excluding hydrogens is 310 g/mol. The molecule has 0 spiro atoms. The Hall–Kier alpha value is 0.160. The molecule has 0 bridgehead atoms. The van der Waals surface area contributed by atoms with Gasteiger partial charge in [-0.15, -0.1) is 0 Å². The van der Waals surface area contributed by atoms with Gasteiger partial charge in [-0.1, -0.05) is 11.6 Å². The summed E-state index contributed by atoms with van der Waals surface area (Å²) in [5.74, 6) is 0. The summed E-state index contributed by atoms with van der Waals surface area (Å²) in [6.07, 6.45) is 0. The molecule has 0 aliphatic heterocycles. The van der Waals surface area contributed by atoms with E-state index in [0.29, 0.717) is 12.6 Å². The van der Waals surface area contributed by atoms with Crippen LogP contribution < -0.4 is 11.1 Å². The van der Waals surface area contributed by atoms with Crippen molar-refractivity contribution in [3.05, 3.63) is 32.4 Å². The molecule has 1 aromatic rings. The topological polar surface area (TPSA) is 38.0 Å². The van der Waals surface area contributed by atoms with Gasteiger partial charge in [0.15, 0.2) is 0 Å². The maximum Gasteiger partial charge on any atom is 0.0409 e. The van der Waals surface area contributed by atoms with Crippen LogP contribution in [0.1, 0.15) is 12.5 Å². The molecule has 4 heteroatoms. The third kappa shape index (κ3) is 3.73. The lowest BCUT2D eigenvalue weighted by atomic mass is 10.2. The number of halogens is 2. The van der Waals surface area contributed by atoms with Crippen molar-refractivity contribution < 1.29 is 0 Å². The Morgan fingerprint density at radius 3 is 2.93 bits per heavy atom. The number of nitrogens with two attached hydrogens (primary N) is 1. The van der Waals surface area contributed by atoms with E-state index >= 15 is 0 Å². The highest BCUT2D eigenvalue weighted by atomic mass is 127. The summed E-state index contributed by atoms with van der Waals surface area (Å²) in [7, 11) is 0. The summed E-state index contributed by atoms with van der Waals surface area (Å²) in [6, 6.07) is 6.25. The molecule has 1 aromatic carbocycles. The third-order valence-corrected chi connectivity index (χ3v) is 3.29. The highest BCUT2D eigenvalue weighted by Crippen LogP contribution is 2.17. The molecular formula is C10H14ClIN2. The largest absolute Gasteiger partial charge is 0.329 e. The SMILES string of the molecule is C[C@@H](CN)NCc1cc(Cl)ccc1I. The van der Waals surface area contributed by atoms with Gasteiger partial charge in [0.2, 0.25) is 0 Å². The van der Waals surface area contributed by atoms with Gasteiger partial charge < -0.3 is 11.1 Å². The Bertz CT molecular complexity index is 304. The minimum atomic E-state index is 0.338. The van der Waals surface area contributed by atoms with Crippen LogP contribution in [0.5, 0.6) is 0 Å². The number of nitrogens with one attached hydrogen (secondary N) is 1. The quantitative estimate of drug-likeness (QED) is 0.835. The van der Waals surface area contributed by atoms with Gasteiger partial charge in [0, 0.05) is 27.7 Å². The van der Waals surface area contributed by atoms with E-state index in [1.54, 1.807) is 0 Å². The van der Waals surface area contributed by atoms with Crippen molar-refractivity contribution in [2.45, 2.75) is 19.5 Å². The second-order valence-corrected chi connectivity index (χ2v) is 4.85. The monoisotopic (exact) mass is 324 g/mol. The van der Waals surface area contributed by atoms with Crippen molar-refractivity contribution in [2.75, 3.05) is 6.54 Å². The van der Waals surface area contributed by atoms with E-state index in [-0.39, 0.29) is 0 Å². The lowest BCUT2D eigenvalue weighted by molar-refractivity contribution is 0.555. The molecule has 0 heterocycles. The van der Waals surface area contributed by atoms with E-state index in [9.17, 15) is 0 Å². The maximum absolute atomic E-state index is 5.91. The standard InChI is InChI=1S/C10H14ClIN2/c1-7(5-13)14-6-8-4-9(11)2-3-10(8)12/h2-4,7,14H,5-6,13H2,1H3/t7-/m0/s1. The van der Waals surface area contributed by atoms with Crippen molar-refractivity contribution in [1.29, 1.82) is 0 Å². The van der Waals surface area contributed by atoms with Gasteiger partial charge in [0.05, 0.1) is 0 Å². The summed E-state index contributed by atoms with van der Waals surface area (Å²) in [5.41, 5.74) is 6.73. The summed E-state index contributed by atoms with van der Waals surface area (Å²) >= 11 is 8.22. The van der Waals surface area contributed by atoms with E-state index < -0.39 is 0 Å².